The summed E-state index contributed by atoms with van der Waals surface area (Å²) in [7, 11) is 0. The molecule has 0 aromatic heterocycles. The lowest BCUT2D eigenvalue weighted by atomic mass is 9.98. The van der Waals surface area contributed by atoms with Crippen LogP contribution >= 0.6 is 11.6 Å². The van der Waals surface area contributed by atoms with Gasteiger partial charge in [-0.05, 0) is 37.1 Å². The van der Waals surface area contributed by atoms with E-state index in [0.717, 1.165) is 5.56 Å². The number of carbonyl (C=O) groups excluding carboxylic acids is 1. The molecule has 5 heteroatoms. The third-order valence-electron chi connectivity index (χ3n) is 2.42. The fraction of sp³-hybridized carbons (Fsp3) is 0.417. The van der Waals surface area contributed by atoms with Crippen LogP contribution in [0.2, 0.25) is 5.02 Å². The molecule has 94 valence electrons. The Morgan fingerprint density at radius 3 is 2.76 bits per heavy atom. The van der Waals surface area contributed by atoms with Crippen molar-refractivity contribution in [1.82, 2.24) is 0 Å². The van der Waals surface area contributed by atoms with Crippen LogP contribution in [0.1, 0.15) is 24.1 Å². The van der Waals surface area contributed by atoms with Crippen LogP contribution < -0.4 is 5.73 Å². The third-order valence-corrected chi connectivity index (χ3v) is 2.65. The molecular formula is C12H15ClFNO2. The van der Waals surface area contributed by atoms with E-state index in [0.29, 0.717) is 10.6 Å². The molecule has 0 fully saturated rings. The van der Waals surface area contributed by atoms with Crippen molar-refractivity contribution in [2.45, 2.75) is 26.1 Å². The van der Waals surface area contributed by atoms with Gasteiger partial charge in [-0.25, -0.2) is 9.18 Å². The van der Waals surface area contributed by atoms with Crippen molar-refractivity contribution >= 4 is 17.6 Å². The highest BCUT2D eigenvalue weighted by atomic mass is 35.5. The molecule has 1 aromatic rings. The number of aryl methyl sites for hydroxylation is 1. The van der Waals surface area contributed by atoms with E-state index in [1.54, 1.807) is 32.0 Å². The largest absolute Gasteiger partial charge is 0.464 e. The number of carbonyl (C=O) groups is 1. The minimum Gasteiger partial charge on any atom is -0.464 e. The van der Waals surface area contributed by atoms with Crippen LogP contribution in [0.5, 0.6) is 0 Å². The highest BCUT2D eigenvalue weighted by molar-refractivity contribution is 6.30. The first-order valence-corrected chi connectivity index (χ1v) is 5.67. The molecule has 2 N–H and O–H groups in total. The lowest BCUT2D eigenvalue weighted by molar-refractivity contribution is -0.149. The molecule has 0 heterocycles. The molecule has 0 aliphatic heterocycles. The average Bonchev–Trinajstić information content (AvgIpc) is 2.27. The summed E-state index contributed by atoms with van der Waals surface area (Å²) >= 11 is 5.79. The zero-order valence-corrected chi connectivity index (χ0v) is 10.5. The van der Waals surface area contributed by atoms with Crippen LogP contribution in [0.25, 0.3) is 0 Å². The summed E-state index contributed by atoms with van der Waals surface area (Å²) < 4.78 is 18.3. The first-order valence-electron chi connectivity index (χ1n) is 5.29. The molecule has 0 aliphatic rings. The minimum atomic E-state index is -1.87. The number of nitrogens with two attached hydrogens (primary N) is 1. The van der Waals surface area contributed by atoms with Crippen LogP contribution in [0.3, 0.4) is 0 Å². The van der Waals surface area contributed by atoms with Crippen molar-refractivity contribution in [3.8, 4) is 0 Å². The normalized spacial score (nSPS) is 14.2. The van der Waals surface area contributed by atoms with Gasteiger partial charge in [-0.3, -0.25) is 0 Å². The Hall–Kier alpha value is -1.13. The summed E-state index contributed by atoms with van der Waals surface area (Å²) in [6, 6.07) is 3.87. The Kier molecular flexibility index (Phi) is 4.90. The smallest absolute Gasteiger partial charge is 0.342 e. The number of ether oxygens (including phenoxy) is 1. The number of halogens is 2. The first-order chi connectivity index (χ1) is 7.97. The molecule has 0 saturated heterocycles. The van der Waals surface area contributed by atoms with Crippen LogP contribution in [0.4, 0.5) is 4.39 Å². The molecule has 0 bridgehead atoms. The van der Waals surface area contributed by atoms with Gasteiger partial charge in [-0.2, -0.15) is 0 Å². The predicted octanol–water partition coefficient (Wildman–Crippen LogP) is 2.55. The second kappa shape index (κ2) is 5.98. The number of alkyl halides is 1. The summed E-state index contributed by atoms with van der Waals surface area (Å²) in [5.41, 5.74) is 7.00. The Labute approximate surface area is 105 Å². The zero-order chi connectivity index (χ0) is 13.0. The molecule has 0 aliphatic carbocycles. The Balaban J connectivity index is 2.88. The van der Waals surface area contributed by atoms with Gasteiger partial charge < -0.3 is 10.5 Å². The summed E-state index contributed by atoms with van der Waals surface area (Å²) in [5.74, 6) is -0.936. The van der Waals surface area contributed by atoms with Gasteiger partial charge in [-0.15, -0.1) is 0 Å². The maximum absolute atomic E-state index is 13.7. The maximum Gasteiger partial charge on any atom is 0.342 e. The highest BCUT2D eigenvalue weighted by Gasteiger charge is 2.28. The van der Waals surface area contributed by atoms with Crippen molar-refractivity contribution in [1.29, 1.82) is 0 Å². The maximum atomic E-state index is 13.7. The summed E-state index contributed by atoms with van der Waals surface area (Å²) in [6.07, 6.45) is -1.87. The highest BCUT2D eigenvalue weighted by Crippen LogP contribution is 2.24. The van der Waals surface area contributed by atoms with E-state index in [2.05, 4.69) is 4.74 Å². The van der Waals surface area contributed by atoms with Gasteiger partial charge in [0, 0.05) is 5.02 Å². The minimum absolute atomic E-state index is 0.131. The lowest BCUT2D eigenvalue weighted by Crippen LogP contribution is -2.32. The van der Waals surface area contributed by atoms with Crippen LogP contribution in [-0.4, -0.2) is 18.7 Å². The standard InChI is InChI=1S/C12H15ClFNO2/c1-3-17-12(16)10(14)11(15)9-5-4-8(13)6-7(9)2/h4-6,10-11H,3,15H2,1-2H3/t10?,11-/m1/s1. The fourth-order valence-corrected chi connectivity index (χ4v) is 1.77. The first kappa shape index (κ1) is 13.9. The van der Waals surface area contributed by atoms with Crippen molar-refractivity contribution in [3.05, 3.63) is 34.3 Å². The van der Waals surface area contributed by atoms with Crippen molar-refractivity contribution in [3.63, 3.8) is 0 Å². The summed E-state index contributed by atoms with van der Waals surface area (Å²) in [6.45, 7) is 3.51. The predicted molar refractivity (Wildman–Crippen MR) is 64.6 cm³/mol. The fourth-order valence-electron chi connectivity index (χ4n) is 1.54. The number of esters is 1. The number of hydrogen-bond acceptors (Lipinski definition) is 3. The van der Waals surface area contributed by atoms with Gasteiger partial charge in [0.05, 0.1) is 12.6 Å². The van der Waals surface area contributed by atoms with Gasteiger partial charge in [0.15, 0.2) is 0 Å². The average molecular weight is 260 g/mol. The van der Waals surface area contributed by atoms with E-state index in [1.165, 1.54) is 0 Å². The van der Waals surface area contributed by atoms with E-state index in [9.17, 15) is 9.18 Å². The molecule has 3 nitrogen and oxygen atoms in total. The van der Waals surface area contributed by atoms with Crippen molar-refractivity contribution in [2.75, 3.05) is 6.61 Å². The molecule has 0 spiro atoms. The van der Waals surface area contributed by atoms with E-state index >= 15 is 0 Å². The van der Waals surface area contributed by atoms with E-state index in [1.807, 2.05) is 0 Å². The number of rotatable bonds is 4. The monoisotopic (exact) mass is 259 g/mol. The molecular weight excluding hydrogens is 245 g/mol. The molecule has 1 rings (SSSR count). The lowest BCUT2D eigenvalue weighted by Gasteiger charge is -2.17. The second-order valence-corrected chi connectivity index (χ2v) is 4.12. The second-order valence-electron chi connectivity index (χ2n) is 3.68. The molecule has 0 saturated carbocycles. The van der Waals surface area contributed by atoms with Crippen molar-refractivity contribution < 1.29 is 13.9 Å². The Morgan fingerprint density at radius 1 is 1.59 bits per heavy atom. The Morgan fingerprint density at radius 2 is 2.24 bits per heavy atom. The topological polar surface area (TPSA) is 52.3 Å². The number of hydrogen-bond donors (Lipinski definition) is 1. The molecule has 0 amide bonds. The summed E-state index contributed by atoms with van der Waals surface area (Å²) in [4.78, 5) is 11.2. The van der Waals surface area contributed by atoms with E-state index in [-0.39, 0.29) is 6.61 Å². The molecule has 1 unspecified atom stereocenters. The SMILES string of the molecule is CCOC(=O)C(F)[C@H](N)c1ccc(Cl)cc1C. The van der Waals surface area contributed by atoms with Gasteiger partial charge >= 0.3 is 5.97 Å². The summed E-state index contributed by atoms with van der Waals surface area (Å²) in [5, 5.41) is 0.546. The molecule has 17 heavy (non-hydrogen) atoms. The van der Waals surface area contributed by atoms with Crippen LogP contribution in [-0.2, 0) is 9.53 Å². The van der Waals surface area contributed by atoms with Gasteiger partial charge in [0.2, 0.25) is 6.17 Å². The molecule has 1 aromatic carbocycles. The number of benzene rings is 1. The molecule has 2 atom stereocenters. The van der Waals surface area contributed by atoms with Crippen LogP contribution in [0, 0.1) is 6.92 Å². The van der Waals surface area contributed by atoms with Gasteiger partial charge in [-0.1, -0.05) is 17.7 Å². The zero-order valence-electron chi connectivity index (χ0n) is 9.74. The van der Waals surface area contributed by atoms with E-state index in [4.69, 9.17) is 17.3 Å². The van der Waals surface area contributed by atoms with Gasteiger partial charge in [0.25, 0.3) is 0 Å². The van der Waals surface area contributed by atoms with Crippen molar-refractivity contribution in [2.24, 2.45) is 5.73 Å². The quantitative estimate of drug-likeness (QED) is 0.846. The third kappa shape index (κ3) is 3.41. The molecule has 0 radical (unpaired) electrons. The van der Waals surface area contributed by atoms with Crippen LogP contribution in [0.15, 0.2) is 18.2 Å². The Bertz CT molecular complexity index is 411. The van der Waals surface area contributed by atoms with Gasteiger partial charge in [0.1, 0.15) is 0 Å². The van der Waals surface area contributed by atoms with E-state index < -0.39 is 18.2 Å².